The Morgan fingerprint density at radius 3 is 2.40 bits per heavy atom. The molecule has 0 radical (unpaired) electrons. The van der Waals surface area contributed by atoms with Crippen molar-refractivity contribution in [1.82, 2.24) is 10.3 Å². The molecule has 0 saturated heterocycles. The number of amides is 1. The van der Waals surface area contributed by atoms with Crippen LogP contribution in [0.4, 0.5) is 23.7 Å². The summed E-state index contributed by atoms with van der Waals surface area (Å²) >= 11 is 0. The molecule has 3 N–H and O–H groups in total. The number of halogens is 3. The number of methoxy groups -OCH3 is 1. The summed E-state index contributed by atoms with van der Waals surface area (Å²) < 4.78 is 54.6. The van der Waals surface area contributed by atoms with Crippen molar-refractivity contribution in [2.45, 2.75) is 39.5 Å². The molecule has 0 aliphatic rings. The molecule has 2 aromatic rings. The largest absolute Gasteiger partial charge is 0.494 e. The normalized spacial score (nSPS) is 12.2. The molecule has 35 heavy (non-hydrogen) atoms. The Bertz CT molecular complexity index is 1140. The third-order valence-electron chi connectivity index (χ3n) is 4.33. The van der Waals surface area contributed by atoms with Crippen LogP contribution in [-0.4, -0.2) is 48.6 Å². The van der Waals surface area contributed by atoms with E-state index in [0.717, 1.165) is 6.07 Å². The fraction of sp³-hybridized carbons (Fsp3) is 0.391. The number of esters is 1. The molecule has 0 saturated carbocycles. The van der Waals surface area contributed by atoms with Gasteiger partial charge in [-0.25, -0.2) is 14.6 Å². The molecular formula is C23H27F3N4O5. The van der Waals surface area contributed by atoms with Crippen LogP contribution in [0.2, 0.25) is 0 Å². The van der Waals surface area contributed by atoms with Gasteiger partial charge in [0, 0.05) is 17.3 Å². The second kappa shape index (κ2) is 11.1. The van der Waals surface area contributed by atoms with Gasteiger partial charge in [-0.2, -0.15) is 13.2 Å². The Hall–Kier alpha value is -3.83. The highest BCUT2D eigenvalue weighted by molar-refractivity contribution is 6.20. The van der Waals surface area contributed by atoms with Crippen LogP contribution in [0, 0.1) is 5.41 Å². The number of benzene rings is 1. The van der Waals surface area contributed by atoms with Crippen LogP contribution in [0.3, 0.4) is 0 Å². The standard InChI is InChI=1S/C23H27F3N4O5/c1-6-34-20(31)14(15(27)12-29-21(32)35-22(2,3)4)11-28-16-8-9-17(33-5)19-13(16)7-10-18(30-19)23(24,25)26/h7-11,27-28H,6,12H2,1-5H3,(H,29,32)/b14-11+,27-15?. The summed E-state index contributed by atoms with van der Waals surface area (Å²) in [5.41, 5.74) is -2.05. The second-order valence-corrected chi connectivity index (χ2v) is 8.16. The number of rotatable bonds is 8. The van der Waals surface area contributed by atoms with Gasteiger partial charge in [0.05, 0.1) is 31.5 Å². The number of pyridine rings is 1. The van der Waals surface area contributed by atoms with E-state index in [-0.39, 0.29) is 41.1 Å². The first-order valence-corrected chi connectivity index (χ1v) is 10.5. The number of ether oxygens (including phenoxy) is 3. The van der Waals surface area contributed by atoms with E-state index in [1.54, 1.807) is 27.7 Å². The lowest BCUT2D eigenvalue weighted by Gasteiger charge is -2.20. The first kappa shape index (κ1) is 27.4. The number of aromatic nitrogens is 1. The number of alkyl halides is 3. The zero-order chi connectivity index (χ0) is 26.4. The lowest BCUT2D eigenvalue weighted by molar-refractivity contribution is -0.141. The Balaban J connectivity index is 2.36. The van der Waals surface area contributed by atoms with Crippen molar-refractivity contribution in [3.05, 3.63) is 41.7 Å². The topological polar surface area (TPSA) is 123 Å². The van der Waals surface area contributed by atoms with E-state index in [4.69, 9.17) is 19.6 Å². The van der Waals surface area contributed by atoms with E-state index in [1.165, 1.54) is 31.5 Å². The second-order valence-electron chi connectivity index (χ2n) is 8.16. The number of nitrogens with one attached hydrogen (secondary N) is 3. The average molecular weight is 496 g/mol. The minimum absolute atomic E-state index is 0.0402. The molecule has 12 heteroatoms. The quantitative estimate of drug-likeness (QED) is 0.276. The van der Waals surface area contributed by atoms with E-state index >= 15 is 0 Å². The zero-order valence-corrected chi connectivity index (χ0v) is 19.9. The number of anilines is 1. The van der Waals surface area contributed by atoms with Crippen LogP contribution < -0.4 is 15.4 Å². The highest BCUT2D eigenvalue weighted by Gasteiger charge is 2.33. The van der Waals surface area contributed by atoms with Crippen molar-refractivity contribution in [2.24, 2.45) is 0 Å². The molecule has 0 spiro atoms. The van der Waals surface area contributed by atoms with Crippen LogP contribution in [0.15, 0.2) is 36.0 Å². The Morgan fingerprint density at radius 1 is 1.14 bits per heavy atom. The number of nitrogens with zero attached hydrogens (tertiary/aromatic N) is 1. The van der Waals surface area contributed by atoms with Crippen molar-refractivity contribution >= 4 is 34.4 Å². The maximum Gasteiger partial charge on any atom is 0.433 e. The predicted molar refractivity (Wildman–Crippen MR) is 124 cm³/mol. The highest BCUT2D eigenvalue weighted by Crippen LogP contribution is 2.34. The van der Waals surface area contributed by atoms with Crippen LogP contribution in [0.25, 0.3) is 10.9 Å². The molecule has 0 aliphatic heterocycles. The molecule has 0 unspecified atom stereocenters. The average Bonchev–Trinajstić information content (AvgIpc) is 2.75. The molecule has 1 aromatic heterocycles. The maximum absolute atomic E-state index is 13.1. The lowest BCUT2D eigenvalue weighted by Crippen LogP contribution is -2.36. The maximum atomic E-state index is 13.1. The predicted octanol–water partition coefficient (Wildman–Crippen LogP) is 4.67. The van der Waals surface area contributed by atoms with Crippen LogP contribution in [0.5, 0.6) is 5.75 Å². The summed E-state index contributed by atoms with van der Waals surface area (Å²) in [6.07, 6.45) is -4.24. The van der Waals surface area contributed by atoms with Crippen molar-refractivity contribution in [1.29, 1.82) is 5.41 Å². The van der Waals surface area contributed by atoms with Crippen molar-refractivity contribution in [2.75, 3.05) is 25.6 Å². The van der Waals surface area contributed by atoms with Crippen LogP contribution >= 0.6 is 0 Å². The van der Waals surface area contributed by atoms with Crippen molar-refractivity contribution < 1.29 is 37.0 Å². The number of fused-ring (bicyclic) bond motifs is 1. The third kappa shape index (κ3) is 7.59. The molecule has 1 heterocycles. The van der Waals surface area contributed by atoms with Crippen LogP contribution in [0.1, 0.15) is 33.4 Å². The van der Waals surface area contributed by atoms with Gasteiger partial charge in [0.2, 0.25) is 0 Å². The Morgan fingerprint density at radius 2 is 1.83 bits per heavy atom. The fourth-order valence-corrected chi connectivity index (χ4v) is 2.84. The van der Waals surface area contributed by atoms with Gasteiger partial charge in [-0.1, -0.05) is 0 Å². The summed E-state index contributed by atoms with van der Waals surface area (Å²) in [6, 6.07) is 5.00. The first-order chi connectivity index (χ1) is 16.3. The zero-order valence-electron chi connectivity index (χ0n) is 19.9. The number of carbonyl (C=O) groups is 2. The van der Waals surface area contributed by atoms with Gasteiger partial charge in [-0.3, -0.25) is 0 Å². The van der Waals surface area contributed by atoms with Gasteiger partial charge in [0.15, 0.2) is 0 Å². The molecular weight excluding hydrogens is 469 g/mol. The molecule has 1 amide bonds. The van der Waals surface area contributed by atoms with Crippen molar-refractivity contribution in [3.63, 3.8) is 0 Å². The van der Waals surface area contributed by atoms with E-state index in [1.807, 2.05) is 0 Å². The van der Waals surface area contributed by atoms with Gasteiger partial charge in [-0.15, -0.1) is 0 Å². The van der Waals surface area contributed by atoms with Gasteiger partial charge in [-0.05, 0) is 52.0 Å². The summed E-state index contributed by atoms with van der Waals surface area (Å²) in [5, 5.41) is 13.7. The molecule has 0 atom stereocenters. The summed E-state index contributed by atoms with van der Waals surface area (Å²) in [6.45, 7) is 6.33. The van der Waals surface area contributed by atoms with Gasteiger partial charge in [0.25, 0.3) is 0 Å². The lowest BCUT2D eigenvalue weighted by atomic mass is 10.1. The molecule has 2 rings (SSSR count). The van der Waals surface area contributed by atoms with Crippen molar-refractivity contribution in [3.8, 4) is 5.75 Å². The summed E-state index contributed by atoms with van der Waals surface area (Å²) in [4.78, 5) is 28.0. The van der Waals surface area contributed by atoms with Gasteiger partial charge in [0.1, 0.15) is 22.6 Å². The fourth-order valence-electron chi connectivity index (χ4n) is 2.84. The summed E-state index contributed by atoms with van der Waals surface area (Å²) in [5.74, 6) is -0.702. The molecule has 0 aliphatic carbocycles. The number of carbonyl (C=O) groups excluding carboxylic acids is 2. The molecule has 1 aromatic carbocycles. The molecule has 9 nitrogen and oxygen atoms in total. The van der Waals surface area contributed by atoms with E-state index in [9.17, 15) is 22.8 Å². The van der Waals surface area contributed by atoms with Gasteiger partial charge < -0.3 is 30.3 Å². The minimum Gasteiger partial charge on any atom is -0.494 e. The minimum atomic E-state index is -4.64. The van der Waals surface area contributed by atoms with Gasteiger partial charge >= 0.3 is 18.2 Å². The van der Waals surface area contributed by atoms with Crippen LogP contribution in [-0.2, 0) is 20.4 Å². The SMILES string of the molecule is CCOC(=O)/C(=C/Nc1ccc(OC)c2nc(C(F)(F)F)ccc12)C(=N)CNC(=O)OC(C)(C)C. The molecule has 190 valence electrons. The number of alkyl carbamates (subject to hydrolysis) is 1. The number of hydrogen-bond donors (Lipinski definition) is 3. The smallest absolute Gasteiger partial charge is 0.433 e. The first-order valence-electron chi connectivity index (χ1n) is 10.5. The highest BCUT2D eigenvalue weighted by atomic mass is 19.4. The van der Waals surface area contributed by atoms with E-state index in [2.05, 4.69) is 15.6 Å². The van der Waals surface area contributed by atoms with E-state index < -0.39 is 29.5 Å². The third-order valence-corrected chi connectivity index (χ3v) is 4.33. The Kier molecular flexibility index (Phi) is 8.67. The molecule has 0 bridgehead atoms. The van der Waals surface area contributed by atoms with E-state index in [0.29, 0.717) is 5.69 Å². The molecule has 0 fully saturated rings. The monoisotopic (exact) mass is 496 g/mol. The number of hydrogen-bond acceptors (Lipinski definition) is 8. The Labute approximate surface area is 200 Å². The summed E-state index contributed by atoms with van der Waals surface area (Å²) in [7, 11) is 1.31.